The number of carbonyl (C=O) groups is 1. The standard InChI is InChI=1S/C14H21N3O/c1-3-12-4-6-13(7-5-12)15-14(18)17-10-8-16(2)9-11-17/h4-7H,3,8-11H2,1-2H3,(H,15,18). The number of rotatable bonds is 2. The molecule has 0 unspecified atom stereocenters. The molecule has 2 rings (SSSR count). The van der Waals surface area contributed by atoms with Gasteiger partial charge in [0, 0.05) is 31.9 Å². The summed E-state index contributed by atoms with van der Waals surface area (Å²) < 4.78 is 0. The van der Waals surface area contributed by atoms with E-state index in [1.54, 1.807) is 0 Å². The number of aryl methyl sites for hydroxylation is 1. The van der Waals surface area contributed by atoms with E-state index in [2.05, 4.69) is 36.3 Å². The summed E-state index contributed by atoms with van der Waals surface area (Å²) in [5.41, 5.74) is 2.16. The zero-order chi connectivity index (χ0) is 13.0. The average molecular weight is 247 g/mol. The van der Waals surface area contributed by atoms with Crippen molar-refractivity contribution in [3.05, 3.63) is 29.8 Å². The highest BCUT2D eigenvalue weighted by Crippen LogP contribution is 2.11. The largest absolute Gasteiger partial charge is 0.322 e. The Balaban J connectivity index is 1.90. The Hall–Kier alpha value is -1.55. The van der Waals surface area contributed by atoms with Crippen LogP contribution in [-0.4, -0.2) is 49.1 Å². The number of amides is 2. The molecule has 1 fully saturated rings. The van der Waals surface area contributed by atoms with Crippen LogP contribution < -0.4 is 5.32 Å². The van der Waals surface area contributed by atoms with Crippen molar-refractivity contribution >= 4 is 11.7 Å². The molecule has 0 spiro atoms. The summed E-state index contributed by atoms with van der Waals surface area (Å²) in [5, 5.41) is 2.95. The molecule has 0 aromatic heterocycles. The van der Waals surface area contributed by atoms with Crippen LogP contribution in [0.3, 0.4) is 0 Å². The first kappa shape index (κ1) is 12.9. The number of carbonyl (C=O) groups excluding carboxylic acids is 1. The molecule has 1 aliphatic rings. The van der Waals surface area contributed by atoms with Crippen molar-refractivity contribution in [3.8, 4) is 0 Å². The van der Waals surface area contributed by atoms with Gasteiger partial charge in [0.15, 0.2) is 0 Å². The van der Waals surface area contributed by atoms with Crippen molar-refractivity contribution in [2.24, 2.45) is 0 Å². The van der Waals surface area contributed by atoms with Gasteiger partial charge in [-0.15, -0.1) is 0 Å². The maximum Gasteiger partial charge on any atom is 0.321 e. The van der Waals surface area contributed by atoms with Crippen LogP contribution in [0.15, 0.2) is 24.3 Å². The predicted molar refractivity (Wildman–Crippen MR) is 73.9 cm³/mol. The Labute approximate surface area is 109 Å². The monoisotopic (exact) mass is 247 g/mol. The second-order valence-electron chi connectivity index (χ2n) is 4.77. The summed E-state index contributed by atoms with van der Waals surface area (Å²) in [6, 6.07) is 8.05. The molecule has 4 heteroatoms. The summed E-state index contributed by atoms with van der Waals surface area (Å²) in [4.78, 5) is 16.1. The summed E-state index contributed by atoms with van der Waals surface area (Å²) in [6.45, 7) is 5.62. The number of piperazine rings is 1. The first-order valence-corrected chi connectivity index (χ1v) is 6.52. The maximum atomic E-state index is 12.0. The minimum Gasteiger partial charge on any atom is -0.322 e. The molecule has 0 aliphatic carbocycles. The van der Waals surface area contributed by atoms with Gasteiger partial charge in [0.2, 0.25) is 0 Å². The SMILES string of the molecule is CCc1ccc(NC(=O)N2CCN(C)CC2)cc1. The van der Waals surface area contributed by atoms with Crippen LogP contribution in [0.1, 0.15) is 12.5 Å². The van der Waals surface area contributed by atoms with E-state index in [0.29, 0.717) is 0 Å². The highest BCUT2D eigenvalue weighted by molar-refractivity contribution is 5.89. The van der Waals surface area contributed by atoms with E-state index < -0.39 is 0 Å². The number of hydrogen-bond acceptors (Lipinski definition) is 2. The Bertz CT molecular complexity index is 394. The van der Waals surface area contributed by atoms with Crippen LogP contribution in [0, 0.1) is 0 Å². The number of benzene rings is 1. The average Bonchev–Trinajstić information content (AvgIpc) is 2.40. The van der Waals surface area contributed by atoms with Gasteiger partial charge in [-0.25, -0.2) is 4.79 Å². The van der Waals surface area contributed by atoms with Gasteiger partial charge in [-0.3, -0.25) is 0 Å². The molecule has 0 radical (unpaired) electrons. The normalized spacial score (nSPS) is 16.7. The fourth-order valence-electron chi connectivity index (χ4n) is 2.04. The molecular weight excluding hydrogens is 226 g/mol. The Morgan fingerprint density at radius 1 is 1.17 bits per heavy atom. The lowest BCUT2D eigenvalue weighted by atomic mass is 10.1. The van der Waals surface area contributed by atoms with Gasteiger partial charge in [0.1, 0.15) is 0 Å². The summed E-state index contributed by atoms with van der Waals surface area (Å²) in [5.74, 6) is 0. The predicted octanol–water partition coefficient (Wildman–Crippen LogP) is 2.03. The number of urea groups is 1. The van der Waals surface area contributed by atoms with E-state index >= 15 is 0 Å². The molecule has 0 saturated carbocycles. The minimum absolute atomic E-state index is 0.00680. The number of hydrogen-bond donors (Lipinski definition) is 1. The molecular formula is C14H21N3O. The van der Waals surface area contributed by atoms with Gasteiger partial charge in [-0.2, -0.15) is 0 Å². The van der Waals surface area contributed by atoms with Crippen LogP contribution in [-0.2, 0) is 6.42 Å². The molecule has 4 nitrogen and oxygen atoms in total. The molecule has 1 saturated heterocycles. The second-order valence-corrected chi connectivity index (χ2v) is 4.77. The Morgan fingerprint density at radius 3 is 2.33 bits per heavy atom. The minimum atomic E-state index is 0.00680. The second kappa shape index (κ2) is 5.87. The lowest BCUT2D eigenvalue weighted by Gasteiger charge is -2.32. The molecule has 1 aromatic carbocycles. The Morgan fingerprint density at radius 2 is 1.78 bits per heavy atom. The van der Waals surface area contributed by atoms with Crippen molar-refractivity contribution in [2.45, 2.75) is 13.3 Å². The van der Waals surface area contributed by atoms with Gasteiger partial charge in [-0.1, -0.05) is 19.1 Å². The Kier molecular flexibility index (Phi) is 4.20. The van der Waals surface area contributed by atoms with Crippen molar-refractivity contribution in [1.29, 1.82) is 0 Å². The van der Waals surface area contributed by atoms with Crippen molar-refractivity contribution in [3.63, 3.8) is 0 Å². The molecule has 1 aliphatic heterocycles. The fourth-order valence-corrected chi connectivity index (χ4v) is 2.04. The maximum absolute atomic E-state index is 12.0. The molecule has 1 heterocycles. The topological polar surface area (TPSA) is 35.6 Å². The number of anilines is 1. The molecule has 1 aromatic rings. The first-order chi connectivity index (χ1) is 8.69. The number of nitrogens with one attached hydrogen (secondary N) is 1. The third-order valence-corrected chi connectivity index (χ3v) is 3.40. The molecule has 98 valence electrons. The van der Waals surface area contributed by atoms with Crippen LogP contribution in [0.25, 0.3) is 0 Å². The van der Waals surface area contributed by atoms with E-state index in [0.717, 1.165) is 38.3 Å². The van der Waals surface area contributed by atoms with Gasteiger partial charge < -0.3 is 15.1 Å². The third kappa shape index (κ3) is 3.23. The van der Waals surface area contributed by atoms with Crippen LogP contribution in [0.4, 0.5) is 10.5 Å². The molecule has 1 N–H and O–H groups in total. The lowest BCUT2D eigenvalue weighted by molar-refractivity contribution is 0.164. The number of likely N-dealkylation sites (N-methyl/N-ethyl adjacent to an activating group) is 1. The first-order valence-electron chi connectivity index (χ1n) is 6.52. The van der Waals surface area contributed by atoms with Crippen molar-refractivity contribution in [1.82, 2.24) is 9.80 Å². The highest BCUT2D eigenvalue weighted by Gasteiger charge is 2.18. The van der Waals surface area contributed by atoms with Crippen LogP contribution in [0.2, 0.25) is 0 Å². The molecule has 0 bridgehead atoms. The van der Waals surface area contributed by atoms with Gasteiger partial charge >= 0.3 is 6.03 Å². The zero-order valence-corrected chi connectivity index (χ0v) is 11.1. The van der Waals surface area contributed by atoms with Crippen molar-refractivity contribution in [2.75, 3.05) is 38.5 Å². The number of nitrogens with zero attached hydrogens (tertiary/aromatic N) is 2. The summed E-state index contributed by atoms with van der Waals surface area (Å²) in [7, 11) is 2.08. The third-order valence-electron chi connectivity index (χ3n) is 3.40. The van der Waals surface area contributed by atoms with E-state index in [1.807, 2.05) is 17.0 Å². The van der Waals surface area contributed by atoms with E-state index in [-0.39, 0.29) is 6.03 Å². The highest BCUT2D eigenvalue weighted by atomic mass is 16.2. The molecule has 2 amide bonds. The molecule has 0 atom stereocenters. The summed E-state index contributed by atoms with van der Waals surface area (Å²) in [6.07, 6.45) is 1.02. The van der Waals surface area contributed by atoms with E-state index in [1.165, 1.54) is 5.56 Å². The van der Waals surface area contributed by atoms with Crippen LogP contribution >= 0.6 is 0 Å². The quantitative estimate of drug-likeness (QED) is 0.868. The lowest BCUT2D eigenvalue weighted by Crippen LogP contribution is -2.48. The van der Waals surface area contributed by atoms with Gasteiger partial charge in [0.25, 0.3) is 0 Å². The van der Waals surface area contributed by atoms with E-state index in [4.69, 9.17) is 0 Å². The molecule has 18 heavy (non-hydrogen) atoms. The smallest absolute Gasteiger partial charge is 0.321 e. The van der Waals surface area contributed by atoms with Gasteiger partial charge in [0.05, 0.1) is 0 Å². The van der Waals surface area contributed by atoms with Crippen LogP contribution in [0.5, 0.6) is 0 Å². The van der Waals surface area contributed by atoms with Crippen molar-refractivity contribution < 1.29 is 4.79 Å². The fraction of sp³-hybridized carbons (Fsp3) is 0.500. The zero-order valence-electron chi connectivity index (χ0n) is 11.1. The summed E-state index contributed by atoms with van der Waals surface area (Å²) >= 11 is 0. The van der Waals surface area contributed by atoms with E-state index in [9.17, 15) is 4.79 Å². The van der Waals surface area contributed by atoms with Gasteiger partial charge in [-0.05, 0) is 31.2 Å².